The first kappa shape index (κ1) is 11.0. The first-order valence-corrected chi connectivity index (χ1v) is 5.84. The fourth-order valence-corrected chi connectivity index (χ4v) is 2.04. The molecule has 0 radical (unpaired) electrons. The van der Waals surface area contributed by atoms with E-state index >= 15 is 0 Å². The second-order valence-corrected chi connectivity index (χ2v) is 4.13. The maximum Gasteiger partial charge on any atom is 0.225 e. The molecular formula is C12H17N3O. The highest BCUT2D eigenvalue weighted by Crippen LogP contribution is 2.17. The third kappa shape index (κ3) is 2.05. The lowest BCUT2D eigenvalue weighted by Gasteiger charge is -2.16. The lowest BCUT2D eigenvalue weighted by molar-refractivity contribution is 0.101. The molecule has 86 valence electrons. The molecule has 0 spiro atoms. The van der Waals surface area contributed by atoms with Crippen LogP contribution in [0.1, 0.15) is 42.7 Å². The summed E-state index contributed by atoms with van der Waals surface area (Å²) in [4.78, 5) is 22.3. The van der Waals surface area contributed by atoms with Gasteiger partial charge in [-0.1, -0.05) is 6.92 Å². The van der Waals surface area contributed by atoms with E-state index in [9.17, 15) is 4.79 Å². The Morgan fingerprint density at radius 3 is 2.69 bits per heavy atom. The Labute approximate surface area is 95.7 Å². The van der Waals surface area contributed by atoms with Crippen molar-refractivity contribution < 1.29 is 4.79 Å². The minimum atomic E-state index is 0.0461. The van der Waals surface area contributed by atoms with Gasteiger partial charge >= 0.3 is 0 Å². The van der Waals surface area contributed by atoms with Crippen LogP contribution in [0.15, 0.2) is 6.20 Å². The fourth-order valence-electron chi connectivity index (χ4n) is 2.04. The molecule has 0 atom stereocenters. The van der Waals surface area contributed by atoms with Gasteiger partial charge in [-0.25, -0.2) is 9.97 Å². The summed E-state index contributed by atoms with van der Waals surface area (Å²) < 4.78 is 0. The summed E-state index contributed by atoms with van der Waals surface area (Å²) in [6, 6.07) is 0. The predicted molar refractivity (Wildman–Crippen MR) is 62.9 cm³/mol. The number of Topliss-reactive ketones (excluding diaryl/α,β-unsaturated/α-hetero) is 1. The van der Waals surface area contributed by atoms with E-state index in [1.807, 2.05) is 6.92 Å². The average molecular weight is 219 g/mol. The van der Waals surface area contributed by atoms with Gasteiger partial charge in [0, 0.05) is 19.3 Å². The van der Waals surface area contributed by atoms with Gasteiger partial charge in [-0.3, -0.25) is 4.79 Å². The van der Waals surface area contributed by atoms with Crippen molar-refractivity contribution in [1.29, 1.82) is 0 Å². The highest BCUT2D eigenvalue weighted by molar-refractivity contribution is 5.94. The van der Waals surface area contributed by atoms with Crippen molar-refractivity contribution in [3.63, 3.8) is 0 Å². The first-order chi connectivity index (χ1) is 7.72. The topological polar surface area (TPSA) is 46.1 Å². The number of aromatic nitrogens is 2. The molecule has 2 rings (SSSR count). The van der Waals surface area contributed by atoms with Crippen LogP contribution in [0.3, 0.4) is 0 Å². The second kappa shape index (κ2) is 4.60. The van der Waals surface area contributed by atoms with Gasteiger partial charge in [0.25, 0.3) is 0 Å². The monoisotopic (exact) mass is 219 g/mol. The van der Waals surface area contributed by atoms with Crippen molar-refractivity contribution in [2.24, 2.45) is 0 Å². The Bertz CT molecular complexity index is 397. The quantitative estimate of drug-likeness (QED) is 0.728. The Morgan fingerprint density at radius 1 is 1.44 bits per heavy atom. The maximum atomic E-state index is 11.4. The lowest BCUT2D eigenvalue weighted by atomic mass is 10.1. The molecule has 0 aliphatic carbocycles. The van der Waals surface area contributed by atoms with E-state index < -0.39 is 0 Å². The number of rotatable bonds is 3. The van der Waals surface area contributed by atoms with Gasteiger partial charge in [-0.05, 0) is 26.2 Å². The van der Waals surface area contributed by atoms with Crippen LogP contribution in [0.5, 0.6) is 0 Å². The molecule has 0 unspecified atom stereocenters. The van der Waals surface area contributed by atoms with Crippen LogP contribution in [0.4, 0.5) is 5.95 Å². The van der Waals surface area contributed by atoms with Gasteiger partial charge < -0.3 is 4.90 Å². The average Bonchev–Trinajstić information content (AvgIpc) is 2.81. The van der Waals surface area contributed by atoms with Crippen LogP contribution in [0.2, 0.25) is 0 Å². The molecule has 1 aliphatic rings. The van der Waals surface area contributed by atoms with E-state index in [-0.39, 0.29) is 5.78 Å². The Kier molecular flexibility index (Phi) is 3.17. The fraction of sp³-hybridized carbons (Fsp3) is 0.583. The zero-order valence-corrected chi connectivity index (χ0v) is 9.86. The number of ketones is 1. The minimum absolute atomic E-state index is 0.0461. The summed E-state index contributed by atoms with van der Waals surface area (Å²) in [5.41, 5.74) is 1.52. The van der Waals surface area contributed by atoms with Crippen molar-refractivity contribution >= 4 is 11.7 Å². The third-order valence-corrected chi connectivity index (χ3v) is 2.96. The van der Waals surface area contributed by atoms with E-state index in [2.05, 4.69) is 14.9 Å². The number of hydrogen-bond acceptors (Lipinski definition) is 4. The van der Waals surface area contributed by atoms with Crippen molar-refractivity contribution in [2.75, 3.05) is 18.0 Å². The SMILES string of the molecule is CCc1nc(N2CCCC2)ncc1C(C)=O. The summed E-state index contributed by atoms with van der Waals surface area (Å²) >= 11 is 0. The van der Waals surface area contributed by atoms with Crippen molar-refractivity contribution in [2.45, 2.75) is 33.1 Å². The lowest BCUT2D eigenvalue weighted by Crippen LogP contribution is -2.21. The van der Waals surface area contributed by atoms with Crippen molar-refractivity contribution in [3.05, 3.63) is 17.5 Å². The van der Waals surface area contributed by atoms with Gasteiger partial charge in [0.05, 0.1) is 11.3 Å². The highest BCUT2D eigenvalue weighted by atomic mass is 16.1. The maximum absolute atomic E-state index is 11.4. The van der Waals surface area contributed by atoms with Crippen LogP contribution < -0.4 is 4.90 Å². The largest absolute Gasteiger partial charge is 0.341 e. The van der Waals surface area contributed by atoms with Gasteiger partial charge in [0.2, 0.25) is 5.95 Å². The Morgan fingerprint density at radius 2 is 2.12 bits per heavy atom. The minimum Gasteiger partial charge on any atom is -0.341 e. The van der Waals surface area contributed by atoms with Crippen LogP contribution >= 0.6 is 0 Å². The van der Waals surface area contributed by atoms with Gasteiger partial charge in [-0.15, -0.1) is 0 Å². The standard InChI is InChI=1S/C12H17N3O/c1-3-11-10(9(2)16)8-13-12(14-11)15-6-4-5-7-15/h8H,3-7H2,1-2H3. The van der Waals surface area contributed by atoms with Crippen LogP contribution in [-0.4, -0.2) is 28.8 Å². The van der Waals surface area contributed by atoms with Crippen LogP contribution in [-0.2, 0) is 6.42 Å². The Hall–Kier alpha value is -1.45. The summed E-state index contributed by atoms with van der Waals surface area (Å²) in [6.07, 6.45) is 4.86. The van der Waals surface area contributed by atoms with Gasteiger partial charge in [0.1, 0.15) is 0 Å². The second-order valence-electron chi connectivity index (χ2n) is 4.13. The molecule has 0 saturated carbocycles. The zero-order chi connectivity index (χ0) is 11.5. The molecule has 0 amide bonds. The van der Waals surface area contributed by atoms with Gasteiger partial charge in [-0.2, -0.15) is 0 Å². The molecule has 4 heteroatoms. The number of nitrogens with zero attached hydrogens (tertiary/aromatic N) is 3. The van der Waals surface area contributed by atoms with E-state index in [0.717, 1.165) is 31.2 Å². The first-order valence-electron chi connectivity index (χ1n) is 5.84. The highest BCUT2D eigenvalue weighted by Gasteiger charge is 2.17. The molecule has 16 heavy (non-hydrogen) atoms. The van der Waals surface area contributed by atoms with Crippen LogP contribution in [0.25, 0.3) is 0 Å². The molecule has 2 heterocycles. The third-order valence-electron chi connectivity index (χ3n) is 2.96. The van der Waals surface area contributed by atoms with Gasteiger partial charge in [0.15, 0.2) is 5.78 Å². The number of anilines is 1. The molecular weight excluding hydrogens is 202 g/mol. The summed E-state index contributed by atoms with van der Waals surface area (Å²) in [5, 5.41) is 0. The smallest absolute Gasteiger partial charge is 0.225 e. The summed E-state index contributed by atoms with van der Waals surface area (Å²) in [6.45, 7) is 5.64. The molecule has 1 saturated heterocycles. The number of carbonyl (C=O) groups is 1. The van der Waals surface area contributed by atoms with E-state index in [0.29, 0.717) is 5.56 Å². The molecule has 0 N–H and O–H groups in total. The molecule has 1 fully saturated rings. The Balaban J connectivity index is 2.32. The van der Waals surface area contributed by atoms with Crippen molar-refractivity contribution in [1.82, 2.24) is 9.97 Å². The van der Waals surface area contributed by atoms with Crippen LogP contribution in [0, 0.1) is 0 Å². The summed E-state index contributed by atoms with van der Waals surface area (Å²) in [5.74, 6) is 0.823. The molecule has 0 aromatic carbocycles. The zero-order valence-electron chi connectivity index (χ0n) is 9.86. The van der Waals surface area contributed by atoms with E-state index in [4.69, 9.17) is 0 Å². The molecule has 0 bridgehead atoms. The number of carbonyl (C=O) groups excluding carboxylic acids is 1. The van der Waals surface area contributed by atoms with E-state index in [1.165, 1.54) is 12.8 Å². The number of aryl methyl sites for hydroxylation is 1. The molecule has 4 nitrogen and oxygen atoms in total. The molecule has 1 aromatic heterocycles. The molecule has 1 aromatic rings. The normalized spacial score (nSPS) is 15.5. The molecule has 1 aliphatic heterocycles. The van der Waals surface area contributed by atoms with Crippen molar-refractivity contribution in [3.8, 4) is 0 Å². The summed E-state index contributed by atoms with van der Waals surface area (Å²) in [7, 11) is 0. The number of hydrogen-bond donors (Lipinski definition) is 0. The predicted octanol–water partition coefficient (Wildman–Crippen LogP) is 1.84. The van der Waals surface area contributed by atoms with E-state index in [1.54, 1.807) is 13.1 Å².